The summed E-state index contributed by atoms with van der Waals surface area (Å²) in [5.41, 5.74) is 2.15. The molecule has 5 nitrogen and oxygen atoms in total. The summed E-state index contributed by atoms with van der Waals surface area (Å²) in [5.74, 6) is 0.607. The second kappa shape index (κ2) is 5.69. The van der Waals surface area contributed by atoms with E-state index in [4.69, 9.17) is 4.74 Å². The predicted octanol–water partition coefficient (Wildman–Crippen LogP) is 2.21. The lowest BCUT2D eigenvalue weighted by Crippen LogP contribution is -2.70. The Kier molecular flexibility index (Phi) is 4.02. The van der Waals surface area contributed by atoms with E-state index in [1.165, 1.54) is 0 Å². The standard InChI is InChI=1S/C17H27N3O2/c1-11-10-12(2)20(19-11)8-7-14(21)18-15-13-6-5-9-22-16(13)17(15,3)4/h10,13,15-16H,5-9H2,1-4H3,(H,18,21)/t13-,15+,16-/m0/s1. The Morgan fingerprint density at radius 1 is 1.50 bits per heavy atom. The van der Waals surface area contributed by atoms with Crippen LogP contribution in [-0.4, -0.2) is 34.4 Å². The molecule has 1 saturated carbocycles. The number of aromatic nitrogens is 2. The molecule has 3 rings (SSSR count). The Morgan fingerprint density at radius 3 is 2.95 bits per heavy atom. The van der Waals surface area contributed by atoms with E-state index in [0.717, 1.165) is 30.8 Å². The molecule has 1 N–H and O–H groups in total. The fraction of sp³-hybridized carbons (Fsp3) is 0.765. The Morgan fingerprint density at radius 2 is 2.27 bits per heavy atom. The fourth-order valence-corrected chi connectivity index (χ4v) is 4.17. The van der Waals surface area contributed by atoms with Gasteiger partial charge in [-0.3, -0.25) is 9.48 Å². The maximum atomic E-state index is 12.3. The summed E-state index contributed by atoms with van der Waals surface area (Å²) in [4.78, 5) is 12.3. The quantitative estimate of drug-likeness (QED) is 0.928. The zero-order valence-electron chi connectivity index (χ0n) is 14.1. The van der Waals surface area contributed by atoms with Gasteiger partial charge in [0.05, 0.1) is 11.8 Å². The zero-order chi connectivity index (χ0) is 15.9. The molecule has 0 aromatic carbocycles. The molecule has 1 aromatic heterocycles. The van der Waals surface area contributed by atoms with Crippen LogP contribution in [-0.2, 0) is 16.1 Å². The summed E-state index contributed by atoms with van der Waals surface area (Å²) < 4.78 is 7.80. The molecule has 122 valence electrons. The average molecular weight is 305 g/mol. The molecule has 1 amide bonds. The lowest BCUT2D eigenvalue weighted by Gasteiger charge is -2.59. The molecule has 3 atom stereocenters. The highest BCUT2D eigenvalue weighted by Gasteiger charge is 2.58. The molecule has 0 bridgehead atoms. The molecule has 2 fully saturated rings. The zero-order valence-corrected chi connectivity index (χ0v) is 14.1. The van der Waals surface area contributed by atoms with Gasteiger partial charge in [0.15, 0.2) is 0 Å². The molecule has 2 aliphatic rings. The minimum Gasteiger partial charge on any atom is -0.377 e. The number of fused-ring (bicyclic) bond motifs is 1. The third kappa shape index (κ3) is 2.67. The van der Waals surface area contributed by atoms with Crippen molar-refractivity contribution in [3.05, 3.63) is 17.5 Å². The molecule has 1 aliphatic carbocycles. The minimum atomic E-state index is 0.0406. The molecule has 1 saturated heterocycles. The van der Waals surface area contributed by atoms with Crippen molar-refractivity contribution < 1.29 is 9.53 Å². The van der Waals surface area contributed by atoms with Gasteiger partial charge in [-0.05, 0) is 32.8 Å². The van der Waals surface area contributed by atoms with Gasteiger partial charge in [0, 0.05) is 42.6 Å². The monoisotopic (exact) mass is 305 g/mol. The highest BCUT2D eigenvalue weighted by molar-refractivity contribution is 5.76. The van der Waals surface area contributed by atoms with Crippen molar-refractivity contribution in [2.75, 3.05) is 6.61 Å². The Hall–Kier alpha value is -1.36. The molecule has 2 heterocycles. The molecule has 1 aromatic rings. The highest BCUT2D eigenvalue weighted by atomic mass is 16.5. The Balaban J connectivity index is 1.54. The largest absolute Gasteiger partial charge is 0.377 e. The summed E-state index contributed by atoms with van der Waals surface area (Å²) >= 11 is 0. The fourth-order valence-electron chi connectivity index (χ4n) is 4.17. The lowest BCUT2D eigenvalue weighted by atomic mass is 9.55. The van der Waals surface area contributed by atoms with Crippen molar-refractivity contribution in [2.45, 2.75) is 65.6 Å². The van der Waals surface area contributed by atoms with E-state index in [0.29, 0.717) is 25.0 Å². The van der Waals surface area contributed by atoms with Crippen molar-refractivity contribution in [1.82, 2.24) is 15.1 Å². The van der Waals surface area contributed by atoms with E-state index in [1.807, 2.05) is 24.6 Å². The van der Waals surface area contributed by atoms with E-state index in [9.17, 15) is 4.79 Å². The number of ether oxygens (including phenoxy) is 1. The van der Waals surface area contributed by atoms with Crippen molar-refractivity contribution >= 4 is 5.91 Å². The van der Waals surface area contributed by atoms with Crippen molar-refractivity contribution in [2.24, 2.45) is 11.3 Å². The molecule has 1 aliphatic heterocycles. The van der Waals surface area contributed by atoms with Gasteiger partial charge >= 0.3 is 0 Å². The normalized spacial score (nSPS) is 29.5. The summed E-state index contributed by atoms with van der Waals surface area (Å²) in [7, 11) is 0. The molecule has 0 spiro atoms. The first-order valence-corrected chi connectivity index (χ1v) is 8.31. The van der Waals surface area contributed by atoms with E-state index >= 15 is 0 Å². The maximum absolute atomic E-state index is 12.3. The number of hydrogen-bond acceptors (Lipinski definition) is 3. The maximum Gasteiger partial charge on any atom is 0.222 e. The number of aryl methyl sites for hydroxylation is 3. The Labute approximate surface area is 132 Å². The third-order valence-electron chi connectivity index (χ3n) is 5.30. The van der Waals surface area contributed by atoms with Crippen molar-refractivity contribution in [3.63, 3.8) is 0 Å². The van der Waals surface area contributed by atoms with Crippen molar-refractivity contribution in [1.29, 1.82) is 0 Å². The number of nitrogens with one attached hydrogen (secondary N) is 1. The lowest BCUT2D eigenvalue weighted by molar-refractivity contribution is -0.193. The van der Waals surface area contributed by atoms with Crippen LogP contribution in [0.4, 0.5) is 0 Å². The van der Waals surface area contributed by atoms with E-state index in [1.54, 1.807) is 0 Å². The molecule has 0 radical (unpaired) electrons. The molecule has 0 unspecified atom stereocenters. The minimum absolute atomic E-state index is 0.0406. The first-order chi connectivity index (χ1) is 10.4. The van der Waals surface area contributed by atoms with Crippen LogP contribution >= 0.6 is 0 Å². The SMILES string of the molecule is Cc1cc(C)n(CCC(=O)N[C@@H]2[C@@H]3CCCO[C@@H]3C2(C)C)n1. The van der Waals surface area contributed by atoms with E-state index in [2.05, 4.69) is 24.3 Å². The third-order valence-corrected chi connectivity index (χ3v) is 5.30. The number of carbonyl (C=O) groups excluding carboxylic acids is 1. The number of nitrogens with zero attached hydrogens (tertiary/aromatic N) is 2. The van der Waals surface area contributed by atoms with Crippen LogP contribution in [0.25, 0.3) is 0 Å². The van der Waals surface area contributed by atoms with Crippen LogP contribution < -0.4 is 5.32 Å². The van der Waals surface area contributed by atoms with Gasteiger partial charge in [-0.15, -0.1) is 0 Å². The summed E-state index contributed by atoms with van der Waals surface area (Å²) in [6, 6.07) is 2.28. The topological polar surface area (TPSA) is 56.2 Å². The highest BCUT2D eigenvalue weighted by Crippen LogP contribution is 2.51. The summed E-state index contributed by atoms with van der Waals surface area (Å²) in [6.45, 7) is 9.91. The van der Waals surface area contributed by atoms with Gasteiger partial charge in [-0.2, -0.15) is 5.10 Å². The van der Waals surface area contributed by atoms with Crippen molar-refractivity contribution in [3.8, 4) is 0 Å². The van der Waals surface area contributed by atoms with Crippen LogP contribution in [0.15, 0.2) is 6.07 Å². The van der Waals surface area contributed by atoms with Crippen LogP contribution in [0.1, 0.15) is 44.5 Å². The van der Waals surface area contributed by atoms with Gasteiger partial charge < -0.3 is 10.1 Å². The first kappa shape index (κ1) is 15.5. The van der Waals surface area contributed by atoms with Gasteiger partial charge in [0.2, 0.25) is 5.91 Å². The first-order valence-electron chi connectivity index (χ1n) is 8.31. The van der Waals surface area contributed by atoms with E-state index < -0.39 is 0 Å². The molecule has 22 heavy (non-hydrogen) atoms. The second-order valence-corrected chi connectivity index (χ2v) is 7.36. The van der Waals surface area contributed by atoms with Gasteiger partial charge in [-0.1, -0.05) is 13.8 Å². The van der Waals surface area contributed by atoms with Crippen LogP contribution in [0.3, 0.4) is 0 Å². The van der Waals surface area contributed by atoms with Gasteiger partial charge in [0.25, 0.3) is 0 Å². The number of carbonyl (C=O) groups is 1. The predicted molar refractivity (Wildman–Crippen MR) is 84.5 cm³/mol. The summed E-state index contributed by atoms with van der Waals surface area (Å²) in [6.07, 6.45) is 3.06. The van der Waals surface area contributed by atoms with Crippen LogP contribution in [0.2, 0.25) is 0 Å². The molecular weight excluding hydrogens is 278 g/mol. The average Bonchev–Trinajstić information content (AvgIpc) is 2.80. The smallest absolute Gasteiger partial charge is 0.222 e. The second-order valence-electron chi connectivity index (χ2n) is 7.36. The van der Waals surface area contributed by atoms with Crippen LogP contribution in [0, 0.1) is 25.2 Å². The van der Waals surface area contributed by atoms with Gasteiger partial charge in [-0.25, -0.2) is 0 Å². The van der Waals surface area contributed by atoms with Gasteiger partial charge in [0.1, 0.15) is 0 Å². The number of hydrogen-bond donors (Lipinski definition) is 1. The molecule has 5 heteroatoms. The summed E-state index contributed by atoms with van der Waals surface area (Å²) in [5, 5.41) is 7.65. The molecular formula is C17H27N3O2. The Bertz CT molecular complexity index is 564. The number of amides is 1. The van der Waals surface area contributed by atoms with E-state index in [-0.39, 0.29) is 17.4 Å². The van der Waals surface area contributed by atoms with Crippen LogP contribution in [0.5, 0.6) is 0 Å². The number of rotatable bonds is 4.